The second kappa shape index (κ2) is 4.22. The van der Waals surface area contributed by atoms with Gasteiger partial charge in [-0.2, -0.15) is 0 Å². The molecule has 1 N–H and O–H groups in total. The van der Waals surface area contributed by atoms with Crippen molar-refractivity contribution in [2.24, 2.45) is 0 Å². The highest BCUT2D eigenvalue weighted by molar-refractivity contribution is 7.99. The van der Waals surface area contributed by atoms with Crippen molar-refractivity contribution in [2.75, 3.05) is 5.75 Å². The van der Waals surface area contributed by atoms with E-state index < -0.39 is 6.16 Å². The van der Waals surface area contributed by atoms with E-state index in [1.165, 1.54) is 0 Å². The molecule has 1 heterocycles. The molecule has 0 atom stereocenters. The van der Waals surface area contributed by atoms with Crippen LogP contribution in [0.5, 0.6) is 5.75 Å². The van der Waals surface area contributed by atoms with E-state index in [1.54, 1.807) is 17.8 Å². The molecule has 0 fully saturated rings. The Labute approximate surface area is 98.1 Å². The van der Waals surface area contributed by atoms with Gasteiger partial charge in [0.15, 0.2) is 0 Å². The maximum atomic E-state index is 10.5. The van der Waals surface area contributed by atoms with E-state index in [9.17, 15) is 4.79 Å². The molecule has 0 bridgehead atoms. The molecule has 0 spiro atoms. The monoisotopic (exact) mass is 236 g/mol. The summed E-state index contributed by atoms with van der Waals surface area (Å²) in [6.07, 6.45) is -0.293. The summed E-state index contributed by atoms with van der Waals surface area (Å²) in [4.78, 5) is 11.6. The van der Waals surface area contributed by atoms with Crippen LogP contribution in [0.3, 0.4) is 0 Å². The van der Waals surface area contributed by atoms with Crippen molar-refractivity contribution in [3.63, 3.8) is 0 Å². The zero-order valence-corrected chi connectivity index (χ0v) is 9.76. The number of ether oxygens (including phenoxy) is 1. The van der Waals surface area contributed by atoms with Crippen molar-refractivity contribution in [2.45, 2.75) is 18.2 Å². The summed E-state index contributed by atoms with van der Waals surface area (Å²) in [6, 6.07) is 3.58. The second-order valence-electron chi connectivity index (χ2n) is 3.64. The number of hydrogen-bond donors (Lipinski definition) is 1. The van der Waals surface area contributed by atoms with Crippen LogP contribution < -0.4 is 4.74 Å². The molecule has 0 amide bonds. The number of rotatable bonds is 1. The molecule has 0 aromatic heterocycles. The van der Waals surface area contributed by atoms with Gasteiger partial charge in [0.1, 0.15) is 5.75 Å². The van der Waals surface area contributed by atoms with Crippen molar-refractivity contribution in [3.8, 4) is 5.75 Å². The van der Waals surface area contributed by atoms with Crippen LogP contribution in [0.1, 0.15) is 17.5 Å². The van der Waals surface area contributed by atoms with Gasteiger partial charge in [-0.15, -0.1) is 11.8 Å². The Balaban J connectivity index is 2.46. The molecule has 0 saturated carbocycles. The minimum atomic E-state index is -1.28. The zero-order valence-electron chi connectivity index (χ0n) is 8.95. The summed E-state index contributed by atoms with van der Waals surface area (Å²) in [5.74, 6) is 1.40. The van der Waals surface area contributed by atoms with Gasteiger partial charge in [0.25, 0.3) is 0 Å². The van der Waals surface area contributed by atoms with Crippen LogP contribution in [-0.2, 0) is 0 Å². The lowest BCUT2D eigenvalue weighted by atomic mass is 10.0. The first kappa shape index (κ1) is 11.1. The third kappa shape index (κ3) is 1.93. The van der Waals surface area contributed by atoms with E-state index in [2.05, 4.69) is 6.58 Å². The summed E-state index contributed by atoms with van der Waals surface area (Å²) in [5, 5.41) is 8.60. The van der Waals surface area contributed by atoms with Crippen molar-refractivity contribution in [1.29, 1.82) is 0 Å². The third-order valence-electron chi connectivity index (χ3n) is 2.58. The molecule has 1 aliphatic rings. The Hall–Kier alpha value is -1.42. The van der Waals surface area contributed by atoms with Crippen LogP contribution >= 0.6 is 11.8 Å². The predicted molar refractivity (Wildman–Crippen MR) is 64.2 cm³/mol. The van der Waals surface area contributed by atoms with Gasteiger partial charge in [-0.1, -0.05) is 6.58 Å². The quantitative estimate of drug-likeness (QED) is 0.598. The maximum Gasteiger partial charge on any atom is 0.511 e. The van der Waals surface area contributed by atoms with Crippen molar-refractivity contribution in [3.05, 3.63) is 29.8 Å². The molecule has 2 rings (SSSR count). The normalized spacial score (nSPS) is 14.4. The Morgan fingerprint density at radius 3 is 3.00 bits per heavy atom. The molecule has 0 radical (unpaired) electrons. The van der Waals surface area contributed by atoms with Crippen LogP contribution in [0.25, 0.3) is 5.57 Å². The number of fused-ring (bicyclic) bond motifs is 1. The van der Waals surface area contributed by atoms with E-state index in [1.807, 2.05) is 13.0 Å². The Morgan fingerprint density at radius 1 is 1.56 bits per heavy atom. The predicted octanol–water partition coefficient (Wildman–Crippen LogP) is 3.56. The minimum Gasteiger partial charge on any atom is -0.449 e. The molecular formula is C12H12O3S. The molecule has 0 unspecified atom stereocenters. The molecule has 1 aromatic rings. The van der Waals surface area contributed by atoms with E-state index in [0.717, 1.165) is 33.8 Å². The zero-order chi connectivity index (χ0) is 11.7. The molecule has 84 valence electrons. The average Bonchev–Trinajstić information content (AvgIpc) is 2.23. The highest BCUT2D eigenvalue weighted by Gasteiger charge is 2.18. The van der Waals surface area contributed by atoms with E-state index in [-0.39, 0.29) is 0 Å². The summed E-state index contributed by atoms with van der Waals surface area (Å²) in [6.45, 7) is 5.89. The lowest BCUT2D eigenvalue weighted by Gasteiger charge is -2.20. The van der Waals surface area contributed by atoms with E-state index >= 15 is 0 Å². The Kier molecular flexibility index (Phi) is 2.92. The highest BCUT2D eigenvalue weighted by atomic mass is 32.2. The largest absolute Gasteiger partial charge is 0.511 e. The first-order chi connectivity index (χ1) is 7.59. The number of allylic oxidation sites excluding steroid dienone is 1. The summed E-state index contributed by atoms with van der Waals surface area (Å²) in [7, 11) is 0. The number of hydrogen-bond acceptors (Lipinski definition) is 3. The topological polar surface area (TPSA) is 46.5 Å². The SMILES string of the molecule is C=C1CCSc2c1ccc(OC(=O)O)c2C. The van der Waals surface area contributed by atoms with E-state index in [4.69, 9.17) is 9.84 Å². The smallest absolute Gasteiger partial charge is 0.449 e. The molecule has 3 nitrogen and oxygen atoms in total. The van der Waals surface area contributed by atoms with Crippen molar-refractivity contribution in [1.82, 2.24) is 0 Å². The first-order valence-corrected chi connectivity index (χ1v) is 5.93. The molecule has 16 heavy (non-hydrogen) atoms. The molecular weight excluding hydrogens is 224 g/mol. The fraction of sp³-hybridized carbons (Fsp3) is 0.250. The fourth-order valence-electron chi connectivity index (χ4n) is 1.75. The second-order valence-corrected chi connectivity index (χ2v) is 4.74. The van der Waals surface area contributed by atoms with Crippen LogP contribution in [-0.4, -0.2) is 17.0 Å². The van der Waals surface area contributed by atoms with Gasteiger partial charge in [-0.05, 0) is 36.6 Å². The molecule has 0 saturated heterocycles. The number of benzene rings is 1. The molecule has 0 aliphatic carbocycles. The van der Waals surface area contributed by atoms with Crippen molar-refractivity contribution >= 4 is 23.5 Å². The third-order valence-corrected chi connectivity index (χ3v) is 3.81. The number of thioether (sulfide) groups is 1. The molecule has 4 heteroatoms. The first-order valence-electron chi connectivity index (χ1n) is 4.95. The maximum absolute atomic E-state index is 10.5. The van der Waals surface area contributed by atoms with Crippen molar-refractivity contribution < 1.29 is 14.6 Å². The lowest BCUT2D eigenvalue weighted by molar-refractivity contribution is 0.144. The van der Waals surface area contributed by atoms with Gasteiger partial charge in [-0.25, -0.2) is 4.79 Å². The summed E-state index contributed by atoms with van der Waals surface area (Å²) < 4.78 is 4.72. The van der Waals surface area contributed by atoms with Crippen LogP contribution in [0.15, 0.2) is 23.6 Å². The van der Waals surface area contributed by atoms with Crippen LogP contribution in [0, 0.1) is 6.92 Å². The van der Waals surface area contributed by atoms with E-state index in [0.29, 0.717) is 5.75 Å². The number of carbonyl (C=O) groups is 1. The average molecular weight is 236 g/mol. The van der Waals surface area contributed by atoms with Gasteiger partial charge < -0.3 is 9.84 Å². The molecule has 1 aromatic carbocycles. The van der Waals surface area contributed by atoms with Gasteiger partial charge in [0, 0.05) is 16.2 Å². The summed E-state index contributed by atoms with van der Waals surface area (Å²) >= 11 is 1.73. The highest BCUT2D eigenvalue weighted by Crippen LogP contribution is 2.41. The lowest BCUT2D eigenvalue weighted by Crippen LogP contribution is -2.06. The van der Waals surface area contributed by atoms with Gasteiger partial charge in [-0.3, -0.25) is 0 Å². The molecule has 1 aliphatic heterocycles. The minimum absolute atomic E-state index is 0.411. The Morgan fingerprint density at radius 2 is 2.31 bits per heavy atom. The summed E-state index contributed by atoms with van der Waals surface area (Å²) in [5.41, 5.74) is 3.11. The Bertz CT molecular complexity index is 466. The standard InChI is InChI=1S/C12H12O3S/c1-7-5-6-16-11-8(2)10(15-12(13)14)4-3-9(7)11/h3-4H,1,5-6H2,2H3,(H,13,14). The fourth-order valence-corrected chi connectivity index (χ4v) is 2.99. The number of carboxylic acid groups (broad SMARTS) is 1. The van der Waals surface area contributed by atoms with Gasteiger partial charge in [0.05, 0.1) is 0 Å². The van der Waals surface area contributed by atoms with Gasteiger partial charge >= 0.3 is 6.16 Å². The van der Waals surface area contributed by atoms with Crippen LogP contribution in [0.2, 0.25) is 0 Å². The van der Waals surface area contributed by atoms with Crippen LogP contribution in [0.4, 0.5) is 4.79 Å². The van der Waals surface area contributed by atoms with Gasteiger partial charge in [0.2, 0.25) is 0 Å².